The molecule has 4 rings (SSSR count). The van der Waals surface area contributed by atoms with Gasteiger partial charge in [0.1, 0.15) is 24.3 Å². The van der Waals surface area contributed by atoms with Crippen molar-refractivity contribution in [2.75, 3.05) is 13.2 Å². The smallest absolute Gasteiger partial charge is 0.471 e. The summed E-state index contributed by atoms with van der Waals surface area (Å²) in [5, 5.41) is 4.91. The van der Waals surface area contributed by atoms with Crippen LogP contribution in [0.2, 0.25) is 5.02 Å². The number of ether oxygens (including phenoxy) is 1. The minimum atomic E-state index is -5.00. The average Bonchev–Trinajstić information content (AvgIpc) is 3.48. The molecule has 0 bridgehead atoms. The van der Waals surface area contributed by atoms with Crippen LogP contribution in [0.1, 0.15) is 35.4 Å². The highest BCUT2D eigenvalue weighted by Crippen LogP contribution is 2.36. The number of carbonyl (C=O) groups excluding carboxylic acids is 3. The highest BCUT2D eigenvalue weighted by atomic mass is 35.5. The van der Waals surface area contributed by atoms with Crippen molar-refractivity contribution in [1.29, 1.82) is 0 Å². The Balaban J connectivity index is 1.41. The lowest BCUT2D eigenvalue weighted by atomic mass is 9.99. The molecule has 2 atom stereocenters. The Morgan fingerprint density at radius 1 is 1.06 bits per heavy atom. The molecule has 11 heteroatoms. The molecule has 0 radical (unpaired) electrons. The minimum absolute atomic E-state index is 0.0233. The van der Waals surface area contributed by atoms with Crippen LogP contribution < -0.4 is 15.4 Å². The van der Waals surface area contributed by atoms with Gasteiger partial charge in [-0.3, -0.25) is 14.4 Å². The van der Waals surface area contributed by atoms with Crippen LogP contribution in [-0.2, 0) is 27.5 Å². The SMILES string of the molecule is O=C(NCc1cc(Cl)ccc1CNC(=O)C(F)(F)F)[C@@H]1CCCN1C(=O)C1COc2ccccc21. The van der Waals surface area contributed by atoms with E-state index >= 15 is 0 Å². The molecule has 0 saturated carbocycles. The van der Waals surface area contributed by atoms with Gasteiger partial charge in [-0.15, -0.1) is 0 Å². The van der Waals surface area contributed by atoms with Crippen molar-refractivity contribution >= 4 is 29.3 Å². The zero-order valence-corrected chi connectivity index (χ0v) is 19.3. The fraction of sp³-hybridized carbons (Fsp3) is 0.375. The molecule has 3 amide bonds. The number of halogens is 4. The van der Waals surface area contributed by atoms with E-state index < -0.39 is 24.0 Å². The number of amides is 3. The van der Waals surface area contributed by atoms with Crippen LogP contribution >= 0.6 is 11.6 Å². The fourth-order valence-corrected chi connectivity index (χ4v) is 4.57. The third-order valence-electron chi connectivity index (χ3n) is 6.15. The lowest BCUT2D eigenvalue weighted by Gasteiger charge is -2.26. The van der Waals surface area contributed by atoms with E-state index in [2.05, 4.69) is 5.32 Å². The molecule has 2 N–H and O–H groups in total. The second kappa shape index (κ2) is 10.2. The van der Waals surface area contributed by atoms with Crippen LogP contribution in [0.25, 0.3) is 0 Å². The number of nitrogens with one attached hydrogen (secondary N) is 2. The molecule has 2 aliphatic rings. The van der Waals surface area contributed by atoms with E-state index in [-0.39, 0.29) is 31.5 Å². The molecule has 2 aromatic carbocycles. The Kier molecular flexibility index (Phi) is 7.20. The Labute approximate surface area is 204 Å². The second-order valence-electron chi connectivity index (χ2n) is 8.40. The molecule has 0 aliphatic carbocycles. The fourth-order valence-electron chi connectivity index (χ4n) is 4.38. The Morgan fingerprint density at radius 2 is 1.80 bits per heavy atom. The van der Waals surface area contributed by atoms with Crippen LogP contribution in [-0.4, -0.2) is 48.0 Å². The number of alkyl halides is 3. The number of para-hydroxylation sites is 1. The third-order valence-corrected chi connectivity index (χ3v) is 6.39. The number of carbonyl (C=O) groups is 3. The van der Waals surface area contributed by atoms with Gasteiger partial charge in [-0.05, 0) is 42.2 Å². The van der Waals surface area contributed by atoms with E-state index in [9.17, 15) is 27.6 Å². The van der Waals surface area contributed by atoms with Crippen LogP contribution in [0.3, 0.4) is 0 Å². The van der Waals surface area contributed by atoms with Crippen molar-refractivity contribution in [1.82, 2.24) is 15.5 Å². The molecular weight excluding hydrogens is 487 g/mol. The number of nitrogens with zero attached hydrogens (tertiary/aromatic N) is 1. The first kappa shape index (κ1) is 24.8. The van der Waals surface area contributed by atoms with Crippen molar-refractivity contribution < 1.29 is 32.3 Å². The maximum atomic E-state index is 13.2. The first-order valence-corrected chi connectivity index (χ1v) is 11.4. The van der Waals surface area contributed by atoms with Gasteiger partial charge in [0, 0.05) is 30.2 Å². The number of hydrogen-bond acceptors (Lipinski definition) is 4. The van der Waals surface area contributed by atoms with Gasteiger partial charge in [0.15, 0.2) is 0 Å². The zero-order valence-electron chi connectivity index (χ0n) is 18.5. The second-order valence-corrected chi connectivity index (χ2v) is 8.84. The first-order chi connectivity index (χ1) is 16.6. The van der Waals surface area contributed by atoms with E-state index in [1.165, 1.54) is 18.2 Å². The molecule has 2 aliphatic heterocycles. The standard InChI is InChI=1S/C24H23ClF3N3O4/c25-16-8-7-14(11-30-23(34)24(26,27)28)15(10-16)12-29-21(32)19-5-3-9-31(19)22(33)18-13-35-20-6-2-1-4-17(18)20/h1-2,4,6-8,10,18-19H,3,5,9,11-13H2,(H,29,32)(H,30,34)/t18?,19-/m0/s1. The lowest BCUT2D eigenvalue weighted by Crippen LogP contribution is -2.47. The third kappa shape index (κ3) is 5.53. The highest BCUT2D eigenvalue weighted by molar-refractivity contribution is 6.30. The van der Waals surface area contributed by atoms with Gasteiger partial charge in [-0.2, -0.15) is 13.2 Å². The monoisotopic (exact) mass is 509 g/mol. The number of rotatable bonds is 6. The summed E-state index contributed by atoms with van der Waals surface area (Å²) in [7, 11) is 0. The molecule has 0 spiro atoms. The van der Waals surface area contributed by atoms with E-state index in [0.29, 0.717) is 41.3 Å². The highest BCUT2D eigenvalue weighted by Gasteiger charge is 2.40. The Bertz CT molecular complexity index is 1140. The van der Waals surface area contributed by atoms with Crippen LogP contribution in [0.4, 0.5) is 13.2 Å². The minimum Gasteiger partial charge on any atom is -0.492 e. The number of hydrogen-bond donors (Lipinski definition) is 2. The molecule has 186 valence electrons. The first-order valence-electron chi connectivity index (χ1n) is 11.1. The van der Waals surface area contributed by atoms with Crippen molar-refractivity contribution in [2.45, 2.75) is 44.1 Å². The molecule has 7 nitrogen and oxygen atoms in total. The largest absolute Gasteiger partial charge is 0.492 e. The van der Waals surface area contributed by atoms with Gasteiger partial charge in [-0.1, -0.05) is 35.9 Å². The summed E-state index contributed by atoms with van der Waals surface area (Å²) in [5.74, 6) is -2.41. The summed E-state index contributed by atoms with van der Waals surface area (Å²) in [6.45, 7) is 0.264. The summed E-state index contributed by atoms with van der Waals surface area (Å²) >= 11 is 6.03. The van der Waals surface area contributed by atoms with Crippen molar-refractivity contribution in [2.24, 2.45) is 0 Å². The number of likely N-dealkylation sites (tertiary alicyclic amines) is 1. The van der Waals surface area contributed by atoms with E-state index in [1.807, 2.05) is 23.5 Å². The summed E-state index contributed by atoms with van der Waals surface area (Å²) in [5.41, 5.74) is 1.64. The molecule has 1 unspecified atom stereocenters. The van der Waals surface area contributed by atoms with E-state index in [1.54, 1.807) is 11.0 Å². The summed E-state index contributed by atoms with van der Waals surface area (Å²) in [4.78, 5) is 39.0. The van der Waals surface area contributed by atoms with Crippen molar-refractivity contribution in [3.8, 4) is 5.75 Å². The average molecular weight is 510 g/mol. The Morgan fingerprint density at radius 3 is 2.57 bits per heavy atom. The normalized spacial score (nSPS) is 19.1. The predicted molar refractivity (Wildman–Crippen MR) is 121 cm³/mol. The molecular formula is C24H23ClF3N3O4. The predicted octanol–water partition coefficient (Wildman–Crippen LogP) is 3.30. The lowest BCUT2D eigenvalue weighted by molar-refractivity contribution is -0.173. The van der Waals surface area contributed by atoms with Crippen LogP contribution in [0, 0.1) is 0 Å². The maximum absolute atomic E-state index is 13.2. The van der Waals surface area contributed by atoms with Crippen molar-refractivity contribution in [3.63, 3.8) is 0 Å². The quantitative estimate of drug-likeness (QED) is 0.625. The van der Waals surface area contributed by atoms with E-state index in [0.717, 1.165) is 5.56 Å². The van der Waals surface area contributed by atoms with Gasteiger partial charge in [0.25, 0.3) is 0 Å². The van der Waals surface area contributed by atoms with Gasteiger partial charge >= 0.3 is 12.1 Å². The van der Waals surface area contributed by atoms with Crippen molar-refractivity contribution in [3.05, 3.63) is 64.2 Å². The van der Waals surface area contributed by atoms with Crippen LogP contribution in [0.5, 0.6) is 5.75 Å². The maximum Gasteiger partial charge on any atom is 0.471 e. The number of fused-ring (bicyclic) bond motifs is 1. The molecule has 0 aromatic heterocycles. The topological polar surface area (TPSA) is 87.7 Å². The van der Waals surface area contributed by atoms with Gasteiger partial charge in [0.05, 0.1) is 0 Å². The zero-order chi connectivity index (χ0) is 25.2. The van der Waals surface area contributed by atoms with Gasteiger partial charge in [-0.25, -0.2) is 0 Å². The molecule has 1 fully saturated rings. The summed E-state index contributed by atoms with van der Waals surface area (Å²) < 4.78 is 43.1. The molecule has 2 heterocycles. The molecule has 1 saturated heterocycles. The van der Waals surface area contributed by atoms with E-state index in [4.69, 9.17) is 16.3 Å². The van der Waals surface area contributed by atoms with Gasteiger partial charge < -0.3 is 20.3 Å². The summed E-state index contributed by atoms with van der Waals surface area (Å²) in [6, 6.07) is 11.1. The van der Waals surface area contributed by atoms with Crippen LogP contribution in [0.15, 0.2) is 42.5 Å². The Hall–Kier alpha value is -3.27. The molecule has 2 aromatic rings. The molecule has 35 heavy (non-hydrogen) atoms. The number of benzene rings is 2. The van der Waals surface area contributed by atoms with Gasteiger partial charge in [0.2, 0.25) is 11.8 Å². The summed E-state index contributed by atoms with van der Waals surface area (Å²) in [6.07, 6.45) is -3.83.